The molecule has 0 radical (unpaired) electrons. The molecule has 1 aliphatic rings. The number of hydrogen-bond donors (Lipinski definition) is 1. The zero-order valence-electron chi connectivity index (χ0n) is 17.0. The summed E-state index contributed by atoms with van der Waals surface area (Å²) in [4.78, 5) is 6.16. The van der Waals surface area contributed by atoms with Gasteiger partial charge in [-0.05, 0) is 56.3 Å². The van der Waals surface area contributed by atoms with Crippen LogP contribution < -0.4 is 9.83 Å². The molecule has 1 saturated heterocycles. The Balaban J connectivity index is 1.72. The van der Waals surface area contributed by atoms with Crippen LogP contribution in [0.1, 0.15) is 48.4 Å². The highest BCUT2D eigenvalue weighted by molar-refractivity contribution is 7.92. The maximum absolute atomic E-state index is 13.6. The van der Waals surface area contributed by atoms with E-state index in [0.717, 1.165) is 36.8 Å². The summed E-state index contributed by atoms with van der Waals surface area (Å²) >= 11 is 12.3. The third-order valence-electron chi connectivity index (χ3n) is 5.35. The van der Waals surface area contributed by atoms with Crippen LogP contribution in [0.25, 0.3) is 5.65 Å². The van der Waals surface area contributed by atoms with Crippen LogP contribution in [0.5, 0.6) is 0 Å². The van der Waals surface area contributed by atoms with Crippen molar-refractivity contribution >= 4 is 44.6 Å². The second-order valence-corrected chi connectivity index (χ2v) is 10.3. The molecule has 0 saturated carbocycles. The third-order valence-corrected chi connectivity index (χ3v) is 6.56. The molecular formula is C20H22Cl2N5O3S-. The summed E-state index contributed by atoms with van der Waals surface area (Å²) in [6.45, 7) is 2.41. The normalized spacial score (nSPS) is 18.9. The lowest BCUT2D eigenvalue weighted by molar-refractivity contribution is -0.471. The Hall–Kier alpha value is -1.91. The average molecular weight is 483 g/mol. The number of sulfonamides is 1. The van der Waals surface area contributed by atoms with Gasteiger partial charge in [0.25, 0.3) is 0 Å². The number of aryl methyl sites for hydroxylation is 1. The van der Waals surface area contributed by atoms with E-state index >= 15 is 0 Å². The average Bonchev–Trinajstić information content (AvgIpc) is 3.10. The molecule has 11 heteroatoms. The van der Waals surface area contributed by atoms with Gasteiger partial charge in [0.2, 0.25) is 10.0 Å². The third kappa shape index (κ3) is 4.80. The Bertz CT molecular complexity index is 1190. The zero-order chi connectivity index (χ0) is 22.3. The molecule has 0 aliphatic carbocycles. The summed E-state index contributed by atoms with van der Waals surface area (Å²) in [6, 6.07) is 6.20. The summed E-state index contributed by atoms with van der Waals surface area (Å²) in [7, 11) is -3.55. The predicted octanol–water partition coefficient (Wildman–Crippen LogP) is 3.30. The van der Waals surface area contributed by atoms with Gasteiger partial charge < -0.3 is 10.0 Å². The number of fused-ring (bicyclic) bond motifs is 1. The molecule has 1 aromatic carbocycles. The van der Waals surface area contributed by atoms with Crippen LogP contribution >= 0.6 is 23.2 Å². The summed E-state index contributed by atoms with van der Waals surface area (Å²) < 4.78 is 27.7. The molecule has 1 N–H and O–H groups in total. The Labute approximate surface area is 190 Å². The molecule has 3 heterocycles. The minimum Gasteiger partial charge on any atom is -0.837 e. The molecule has 8 nitrogen and oxygen atoms in total. The summed E-state index contributed by atoms with van der Waals surface area (Å²) in [5.41, 5.74) is 2.66. The smallest absolute Gasteiger partial charge is 0.229 e. The molecule has 2 atom stereocenters. The lowest BCUT2D eigenvalue weighted by Crippen LogP contribution is -2.43. The lowest BCUT2D eigenvalue weighted by atomic mass is 9.97. The van der Waals surface area contributed by atoms with E-state index in [9.17, 15) is 13.5 Å². The van der Waals surface area contributed by atoms with Crippen LogP contribution in [0.15, 0.2) is 30.5 Å². The van der Waals surface area contributed by atoms with Gasteiger partial charge in [-0.3, -0.25) is 4.72 Å². The topological polar surface area (TPSA) is 103 Å². The first-order valence-corrected chi connectivity index (χ1v) is 12.5. The van der Waals surface area contributed by atoms with Gasteiger partial charge in [-0.15, -0.1) is 0 Å². The summed E-state index contributed by atoms with van der Waals surface area (Å²) in [5, 5.41) is 19.0. The molecule has 4 rings (SSSR count). The number of benzene rings is 1. The summed E-state index contributed by atoms with van der Waals surface area (Å²) in [6.07, 6.45) is 4.11. The fourth-order valence-electron chi connectivity index (χ4n) is 3.93. The maximum Gasteiger partial charge on any atom is 0.229 e. The molecule has 1 aliphatic heterocycles. The first-order chi connectivity index (χ1) is 14.6. The Kier molecular flexibility index (Phi) is 6.15. The van der Waals surface area contributed by atoms with Gasteiger partial charge in [0, 0.05) is 22.8 Å². The number of nitrogens with zero attached hydrogens (tertiary/aromatic N) is 4. The van der Waals surface area contributed by atoms with Crippen molar-refractivity contribution in [2.45, 2.75) is 38.5 Å². The van der Waals surface area contributed by atoms with E-state index in [1.54, 1.807) is 21.7 Å². The number of halogens is 2. The maximum atomic E-state index is 13.6. The Morgan fingerprint density at radius 2 is 2.03 bits per heavy atom. The van der Waals surface area contributed by atoms with Crippen molar-refractivity contribution in [2.24, 2.45) is 0 Å². The van der Waals surface area contributed by atoms with Crippen molar-refractivity contribution in [3.8, 4) is 0 Å². The van der Waals surface area contributed by atoms with E-state index in [1.807, 2.05) is 13.0 Å². The molecule has 31 heavy (non-hydrogen) atoms. The number of piperidine rings is 1. The second kappa shape index (κ2) is 8.55. The number of hydrogen-bond acceptors (Lipinski definition) is 6. The Morgan fingerprint density at radius 3 is 2.77 bits per heavy atom. The molecule has 2 aromatic heterocycles. The van der Waals surface area contributed by atoms with E-state index in [-0.39, 0.29) is 17.3 Å². The molecule has 0 bridgehead atoms. The molecule has 3 aromatic rings. The minimum atomic E-state index is -3.55. The first-order valence-electron chi connectivity index (χ1n) is 9.83. The first kappa shape index (κ1) is 22.3. The second-order valence-electron chi connectivity index (χ2n) is 7.79. The van der Waals surface area contributed by atoms with Crippen molar-refractivity contribution in [3.05, 3.63) is 57.5 Å². The van der Waals surface area contributed by atoms with Gasteiger partial charge in [-0.25, -0.2) is 17.9 Å². The quantitative estimate of drug-likeness (QED) is 0.559. The molecule has 0 amide bonds. The van der Waals surface area contributed by atoms with Crippen LogP contribution in [0, 0.1) is 6.92 Å². The number of nitrogens with one attached hydrogen (secondary N) is 1. The van der Waals surface area contributed by atoms with Crippen LogP contribution in [0.3, 0.4) is 0 Å². The highest BCUT2D eigenvalue weighted by Gasteiger charge is 2.29. The van der Waals surface area contributed by atoms with E-state index in [2.05, 4.69) is 14.8 Å². The van der Waals surface area contributed by atoms with Crippen molar-refractivity contribution in [1.82, 2.24) is 19.5 Å². The van der Waals surface area contributed by atoms with Gasteiger partial charge in [0.05, 0.1) is 23.7 Å². The van der Waals surface area contributed by atoms with Crippen molar-refractivity contribution < 1.29 is 13.5 Å². The zero-order valence-corrected chi connectivity index (χ0v) is 19.4. The van der Waals surface area contributed by atoms with Crippen LogP contribution in [0.2, 0.25) is 10.2 Å². The largest absolute Gasteiger partial charge is 0.837 e. The molecular weight excluding hydrogens is 461 g/mol. The highest BCUT2D eigenvalue weighted by Crippen LogP contribution is 2.38. The van der Waals surface area contributed by atoms with Gasteiger partial charge in [-0.1, -0.05) is 29.6 Å². The number of likely N-dealkylation sites (tertiary alicyclic amines) is 1. The van der Waals surface area contributed by atoms with Crippen molar-refractivity contribution in [3.63, 3.8) is 0 Å². The Morgan fingerprint density at radius 1 is 1.26 bits per heavy atom. The van der Waals surface area contributed by atoms with Crippen molar-refractivity contribution in [2.75, 3.05) is 17.5 Å². The minimum absolute atomic E-state index is 0.232. The van der Waals surface area contributed by atoms with Crippen molar-refractivity contribution in [1.29, 1.82) is 0 Å². The number of rotatable bonds is 5. The molecule has 0 spiro atoms. The fourth-order valence-corrected chi connectivity index (χ4v) is 4.83. The number of anilines is 1. The molecule has 1 unspecified atom stereocenters. The SMILES string of the molecule is Cc1cn2nc([C@@H]3CCCCN3C([O-])c3cc(Cl)ccc3NS(C)(=O)=O)cc2nc1Cl. The fraction of sp³-hybridized carbons (Fsp3) is 0.400. The van der Waals surface area contributed by atoms with Gasteiger partial charge in [0.15, 0.2) is 5.65 Å². The van der Waals surface area contributed by atoms with E-state index in [4.69, 9.17) is 23.2 Å². The number of aromatic nitrogens is 3. The van der Waals surface area contributed by atoms with E-state index < -0.39 is 16.3 Å². The standard InChI is InChI=1S/C20H22Cl2N5O3S/c1-12-11-27-18(23-19(12)22)10-16(24-27)17-5-3-4-8-26(17)20(28)14-9-13(21)6-7-15(14)25-31(2,29)30/h6-7,9-11,17,20,25H,3-5,8H2,1-2H3/q-1/t17-,20?/m0/s1. The van der Waals surface area contributed by atoms with Gasteiger partial charge in [0.1, 0.15) is 5.15 Å². The van der Waals surface area contributed by atoms with Gasteiger partial charge in [-0.2, -0.15) is 5.10 Å². The van der Waals surface area contributed by atoms with Crippen LogP contribution in [-0.2, 0) is 10.0 Å². The van der Waals surface area contributed by atoms with Crippen LogP contribution in [-0.4, -0.2) is 40.7 Å². The van der Waals surface area contributed by atoms with E-state index in [0.29, 0.717) is 22.4 Å². The van der Waals surface area contributed by atoms with Gasteiger partial charge >= 0.3 is 0 Å². The lowest BCUT2D eigenvalue weighted by Gasteiger charge is -2.45. The highest BCUT2D eigenvalue weighted by atomic mass is 35.5. The predicted molar refractivity (Wildman–Crippen MR) is 119 cm³/mol. The van der Waals surface area contributed by atoms with E-state index in [1.165, 1.54) is 12.1 Å². The molecule has 166 valence electrons. The monoisotopic (exact) mass is 482 g/mol. The molecule has 1 fully saturated rings. The van der Waals surface area contributed by atoms with Crippen LogP contribution in [0.4, 0.5) is 5.69 Å². The summed E-state index contributed by atoms with van der Waals surface area (Å²) in [5.74, 6) is 0.